The van der Waals surface area contributed by atoms with E-state index in [-0.39, 0.29) is 0 Å². The number of nitrogens with zero attached hydrogens (tertiary/aromatic N) is 2. The average Bonchev–Trinajstić information content (AvgIpc) is 2.59. The van der Waals surface area contributed by atoms with E-state index in [0.29, 0.717) is 16.1 Å². The summed E-state index contributed by atoms with van der Waals surface area (Å²) in [5.41, 5.74) is 0. The first-order valence-electron chi connectivity index (χ1n) is 4.43. The summed E-state index contributed by atoms with van der Waals surface area (Å²) < 4.78 is 0. The molecule has 0 aliphatic rings. The maximum absolute atomic E-state index is 10.6. The Labute approximate surface area is 103 Å². The molecule has 0 aromatic carbocycles. The van der Waals surface area contributed by atoms with Gasteiger partial charge < -0.3 is 4.90 Å². The smallest absolute Gasteiger partial charge is 0.187 e. The molecule has 1 aromatic heterocycles. The highest BCUT2D eigenvalue weighted by Crippen LogP contribution is 2.28. The Kier molecular flexibility index (Phi) is 4.89. The van der Waals surface area contributed by atoms with Crippen molar-refractivity contribution >= 4 is 46.1 Å². The van der Waals surface area contributed by atoms with Crippen molar-refractivity contribution in [2.24, 2.45) is 0 Å². The highest BCUT2D eigenvalue weighted by atomic mass is 35.5. The Morgan fingerprint density at radius 2 is 2.40 bits per heavy atom. The van der Waals surface area contributed by atoms with Gasteiger partial charge in [0.15, 0.2) is 16.6 Å². The number of carbonyl (C=O) groups excluding carboxylic acids is 1. The van der Waals surface area contributed by atoms with Gasteiger partial charge in [0.2, 0.25) is 0 Å². The van der Waals surface area contributed by atoms with Crippen molar-refractivity contribution in [1.29, 1.82) is 0 Å². The second-order valence-corrected chi connectivity index (χ2v) is 5.46. The number of halogens is 1. The van der Waals surface area contributed by atoms with Crippen LogP contribution in [0.4, 0.5) is 5.13 Å². The molecule has 0 amide bonds. The van der Waals surface area contributed by atoms with Gasteiger partial charge in [-0.3, -0.25) is 4.79 Å². The summed E-state index contributed by atoms with van der Waals surface area (Å²) in [6, 6.07) is 0.377. The first kappa shape index (κ1) is 12.8. The number of hydrogen-bond donors (Lipinski definition) is 0. The highest BCUT2D eigenvalue weighted by molar-refractivity contribution is 7.98. The number of thioether (sulfide) groups is 1. The molecule has 1 aromatic rings. The molecular weight excluding hydrogens is 252 g/mol. The molecule has 0 fully saturated rings. The maximum Gasteiger partial charge on any atom is 0.187 e. The summed E-state index contributed by atoms with van der Waals surface area (Å²) in [5.74, 6) is 1.02. The third-order valence-electron chi connectivity index (χ3n) is 2.08. The van der Waals surface area contributed by atoms with Gasteiger partial charge >= 0.3 is 0 Å². The second-order valence-electron chi connectivity index (χ2n) is 3.18. The third-order valence-corrected chi connectivity index (χ3v) is 4.36. The number of carbonyl (C=O) groups is 1. The van der Waals surface area contributed by atoms with Crippen LogP contribution in [-0.2, 0) is 0 Å². The SMILES string of the molecule is CSCC(C)N(C)c1nc(Cl)c(C=O)s1. The number of hydrogen-bond acceptors (Lipinski definition) is 5. The molecule has 6 heteroatoms. The van der Waals surface area contributed by atoms with E-state index >= 15 is 0 Å². The quantitative estimate of drug-likeness (QED) is 0.766. The van der Waals surface area contributed by atoms with Crippen LogP contribution in [0, 0.1) is 0 Å². The van der Waals surface area contributed by atoms with Crippen molar-refractivity contribution in [3.05, 3.63) is 10.0 Å². The van der Waals surface area contributed by atoms with Crippen molar-refractivity contribution in [2.75, 3.05) is 24.0 Å². The Morgan fingerprint density at radius 1 is 1.73 bits per heavy atom. The number of rotatable bonds is 5. The summed E-state index contributed by atoms with van der Waals surface area (Å²) in [6.45, 7) is 2.12. The molecule has 1 atom stereocenters. The predicted molar refractivity (Wildman–Crippen MR) is 68.8 cm³/mol. The van der Waals surface area contributed by atoms with Crippen LogP contribution >= 0.6 is 34.7 Å². The summed E-state index contributed by atoms with van der Waals surface area (Å²) in [4.78, 5) is 17.3. The van der Waals surface area contributed by atoms with Crippen molar-refractivity contribution in [3.8, 4) is 0 Å². The van der Waals surface area contributed by atoms with Gasteiger partial charge in [-0.2, -0.15) is 11.8 Å². The number of anilines is 1. The highest BCUT2D eigenvalue weighted by Gasteiger charge is 2.15. The van der Waals surface area contributed by atoms with Crippen LogP contribution in [0.25, 0.3) is 0 Å². The standard InChI is InChI=1S/C9H13ClN2OS2/c1-6(5-14-3)12(2)9-11-8(10)7(4-13)15-9/h4,6H,5H2,1-3H3. The van der Waals surface area contributed by atoms with Gasteiger partial charge in [0.25, 0.3) is 0 Å². The maximum atomic E-state index is 10.6. The van der Waals surface area contributed by atoms with Crippen LogP contribution in [-0.4, -0.2) is 36.4 Å². The second kappa shape index (κ2) is 5.72. The van der Waals surface area contributed by atoms with E-state index in [1.165, 1.54) is 11.3 Å². The fourth-order valence-electron chi connectivity index (χ4n) is 1.07. The van der Waals surface area contributed by atoms with Crippen molar-refractivity contribution in [1.82, 2.24) is 4.98 Å². The van der Waals surface area contributed by atoms with E-state index in [9.17, 15) is 4.79 Å². The van der Waals surface area contributed by atoms with Gasteiger partial charge in [-0.15, -0.1) is 0 Å². The Bertz CT molecular complexity index is 343. The molecule has 0 saturated carbocycles. The largest absolute Gasteiger partial charge is 0.348 e. The molecule has 1 rings (SSSR count). The lowest BCUT2D eigenvalue weighted by atomic mass is 10.4. The van der Waals surface area contributed by atoms with Gasteiger partial charge in [0, 0.05) is 18.8 Å². The first-order chi connectivity index (χ1) is 7.10. The van der Waals surface area contributed by atoms with E-state index in [2.05, 4.69) is 18.2 Å². The van der Waals surface area contributed by atoms with E-state index in [1.54, 1.807) is 11.8 Å². The average molecular weight is 265 g/mol. The van der Waals surface area contributed by atoms with Gasteiger partial charge in [0.1, 0.15) is 4.88 Å². The minimum Gasteiger partial charge on any atom is -0.348 e. The lowest BCUT2D eigenvalue weighted by Crippen LogP contribution is -2.30. The van der Waals surface area contributed by atoms with Crippen LogP contribution < -0.4 is 4.90 Å². The number of aldehydes is 1. The van der Waals surface area contributed by atoms with Gasteiger partial charge in [0.05, 0.1) is 0 Å². The minimum atomic E-state index is 0.299. The lowest BCUT2D eigenvalue weighted by Gasteiger charge is -2.23. The van der Waals surface area contributed by atoms with Crippen molar-refractivity contribution < 1.29 is 4.79 Å². The Hall–Kier alpha value is -0.260. The number of thiazole rings is 1. The third kappa shape index (κ3) is 3.09. The molecular formula is C9H13ClN2OS2. The topological polar surface area (TPSA) is 33.2 Å². The fourth-order valence-corrected chi connectivity index (χ4v) is 2.90. The summed E-state index contributed by atoms with van der Waals surface area (Å²) >= 11 is 8.92. The molecule has 0 bridgehead atoms. The normalized spacial score (nSPS) is 12.5. The van der Waals surface area contributed by atoms with E-state index in [1.807, 2.05) is 11.9 Å². The molecule has 84 valence electrons. The molecule has 0 aliphatic heterocycles. The Balaban J connectivity index is 2.81. The molecule has 15 heavy (non-hydrogen) atoms. The zero-order valence-corrected chi connectivity index (χ0v) is 11.2. The van der Waals surface area contributed by atoms with Crippen LogP contribution in [0.15, 0.2) is 0 Å². The monoisotopic (exact) mass is 264 g/mol. The van der Waals surface area contributed by atoms with Crippen LogP contribution in [0.1, 0.15) is 16.6 Å². The van der Waals surface area contributed by atoms with Crippen LogP contribution in [0.3, 0.4) is 0 Å². The lowest BCUT2D eigenvalue weighted by molar-refractivity contribution is 0.112. The molecule has 1 heterocycles. The van der Waals surface area contributed by atoms with Gasteiger partial charge in [-0.1, -0.05) is 22.9 Å². The Morgan fingerprint density at radius 3 is 2.87 bits per heavy atom. The molecule has 0 N–H and O–H groups in total. The molecule has 1 unspecified atom stereocenters. The predicted octanol–water partition coefficient (Wildman–Crippen LogP) is 2.80. The fraction of sp³-hybridized carbons (Fsp3) is 0.556. The molecule has 0 radical (unpaired) electrons. The molecule has 3 nitrogen and oxygen atoms in total. The zero-order chi connectivity index (χ0) is 11.4. The molecule has 0 spiro atoms. The van der Waals surface area contributed by atoms with Gasteiger partial charge in [-0.05, 0) is 13.2 Å². The van der Waals surface area contributed by atoms with Crippen molar-refractivity contribution in [3.63, 3.8) is 0 Å². The summed E-state index contributed by atoms with van der Waals surface area (Å²) in [5, 5.41) is 1.09. The summed E-state index contributed by atoms with van der Waals surface area (Å²) in [7, 11) is 1.96. The van der Waals surface area contributed by atoms with E-state index < -0.39 is 0 Å². The zero-order valence-electron chi connectivity index (χ0n) is 8.86. The first-order valence-corrected chi connectivity index (χ1v) is 7.02. The number of aromatic nitrogens is 1. The summed E-state index contributed by atoms with van der Waals surface area (Å²) in [6.07, 6.45) is 2.81. The van der Waals surface area contributed by atoms with Crippen molar-refractivity contribution in [2.45, 2.75) is 13.0 Å². The van der Waals surface area contributed by atoms with Crippen LogP contribution in [0.5, 0.6) is 0 Å². The van der Waals surface area contributed by atoms with E-state index in [0.717, 1.165) is 17.2 Å². The van der Waals surface area contributed by atoms with E-state index in [4.69, 9.17) is 11.6 Å². The minimum absolute atomic E-state index is 0.299. The molecule has 0 saturated heterocycles. The van der Waals surface area contributed by atoms with Gasteiger partial charge in [-0.25, -0.2) is 4.98 Å². The van der Waals surface area contributed by atoms with Crippen LogP contribution in [0.2, 0.25) is 5.15 Å². The molecule has 0 aliphatic carbocycles.